The predicted octanol–water partition coefficient (Wildman–Crippen LogP) is 3.68. The van der Waals surface area contributed by atoms with Gasteiger partial charge in [-0.25, -0.2) is 8.42 Å². The molecular weight excluding hydrogens is 319 g/mol. The number of hydrogen-bond acceptors (Lipinski definition) is 3. The number of aryl methyl sites for hydroxylation is 1. The SMILES string of the molecule is Cc1ccc(NS(=O)(=O)c2ccc(N)cc2Cl)cc1Cl. The number of benzene rings is 2. The summed E-state index contributed by atoms with van der Waals surface area (Å²) in [7, 11) is -3.79. The molecule has 0 radical (unpaired) electrons. The van der Waals surface area contributed by atoms with Crippen LogP contribution in [0.15, 0.2) is 41.3 Å². The van der Waals surface area contributed by atoms with Gasteiger partial charge in [0.05, 0.1) is 10.7 Å². The number of halogens is 2. The van der Waals surface area contributed by atoms with Crippen LogP contribution >= 0.6 is 23.2 Å². The summed E-state index contributed by atoms with van der Waals surface area (Å²) < 4.78 is 26.9. The van der Waals surface area contributed by atoms with E-state index in [4.69, 9.17) is 28.9 Å². The smallest absolute Gasteiger partial charge is 0.263 e. The molecule has 20 heavy (non-hydrogen) atoms. The van der Waals surface area contributed by atoms with Gasteiger partial charge >= 0.3 is 0 Å². The van der Waals surface area contributed by atoms with Crippen molar-refractivity contribution < 1.29 is 8.42 Å². The van der Waals surface area contributed by atoms with Crippen LogP contribution in [0.2, 0.25) is 10.0 Å². The van der Waals surface area contributed by atoms with Gasteiger partial charge in [0.1, 0.15) is 4.90 Å². The molecule has 0 atom stereocenters. The Morgan fingerprint density at radius 2 is 1.75 bits per heavy atom. The fraction of sp³-hybridized carbons (Fsp3) is 0.0769. The van der Waals surface area contributed by atoms with Crippen LogP contribution in [0.5, 0.6) is 0 Å². The molecule has 0 amide bonds. The highest BCUT2D eigenvalue weighted by Crippen LogP contribution is 2.27. The Morgan fingerprint density at radius 1 is 1.05 bits per heavy atom. The maximum Gasteiger partial charge on any atom is 0.263 e. The first-order chi connectivity index (χ1) is 9.29. The largest absolute Gasteiger partial charge is 0.399 e. The van der Waals surface area contributed by atoms with Crippen molar-refractivity contribution in [1.29, 1.82) is 0 Å². The molecule has 0 aliphatic heterocycles. The van der Waals surface area contributed by atoms with Crippen molar-refractivity contribution in [3.8, 4) is 0 Å². The fourth-order valence-electron chi connectivity index (χ4n) is 1.60. The number of nitrogen functional groups attached to an aromatic ring is 1. The quantitative estimate of drug-likeness (QED) is 0.843. The summed E-state index contributed by atoms with van der Waals surface area (Å²) in [6.07, 6.45) is 0. The van der Waals surface area contributed by atoms with Gasteiger partial charge in [-0.05, 0) is 42.8 Å². The van der Waals surface area contributed by atoms with E-state index in [1.165, 1.54) is 18.2 Å². The van der Waals surface area contributed by atoms with Gasteiger partial charge in [0, 0.05) is 10.7 Å². The van der Waals surface area contributed by atoms with Crippen molar-refractivity contribution in [1.82, 2.24) is 0 Å². The molecular formula is C13H12Cl2N2O2S. The first-order valence-corrected chi connectivity index (χ1v) is 7.87. The van der Waals surface area contributed by atoms with E-state index >= 15 is 0 Å². The lowest BCUT2D eigenvalue weighted by Gasteiger charge is -2.10. The third-order valence-corrected chi connectivity index (χ3v) is 4.94. The van der Waals surface area contributed by atoms with E-state index in [1.807, 2.05) is 6.92 Å². The number of rotatable bonds is 3. The van der Waals surface area contributed by atoms with Crippen molar-refractivity contribution in [2.24, 2.45) is 0 Å². The van der Waals surface area contributed by atoms with Crippen LogP contribution in [-0.4, -0.2) is 8.42 Å². The van der Waals surface area contributed by atoms with E-state index in [0.717, 1.165) is 5.56 Å². The second-order valence-electron chi connectivity index (χ2n) is 4.26. The van der Waals surface area contributed by atoms with Gasteiger partial charge in [-0.3, -0.25) is 4.72 Å². The summed E-state index contributed by atoms with van der Waals surface area (Å²) in [4.78, 5) is -0.0370. The summed E-state index contributed by atoms with van der Waals surface area (Å²) in [5.41, 5.74) is 7.17. The van der Waals surface area contributed by atoms with Gasteiger partial charge in [0.25, 0.3) is 10.0 Å². The topological polar surface area (TPSA) is 72.2 Å². The molecule has 0 aromatic heterocycles. The number of nitrogens with two attached hydrogens (primary N) is 1. The van der Waals surface area contributed by atoms with Crippen molar-refractivity contribution in [3.05, 3.63) is 52.0 Å². The molecule has 7 heteroatoms. The van der Waals surface area contributed by atoms with Gasteiger partial charge in [-0.15, -0.1) is 0 Å². The van der Waals surface area contributed by atoms with Crippen molar-refractivity contribution in [2.75, 3.05) is 10.5 Å². The average molecular weight is 331 g/mol. The van der Waals surface area contributed by atoms with Gasteiger partial charge in [0.2, 0.25) is 0 Å². The Bertz CT molecular complexity index is 761. The molecule has 0 bridgehead atoms. The number of anilines is 2. The maximum absolute atomic E-state index is 12.3. The Morgan fingerprint density at radius 3 is 2.35 bits per heavy atom. The zero-order valence-corrected chi connectivity index (χ0v) is 12.9. The van der Waals surface area contributed by atoms with Crippen LogP contribution in [0.4, 0.5) is 11.4 Å². The summed E-state index contributed by atoms with van der Waals surface area (Å²) in [6.45, 7) is 1.83. The maximum atomic E-state index is 12.3. The zero-order valence-electron chi connectivity index (χ0n) is 10.5. The highest BCUT2D eigenvalue weighted by atomic mass is 35.5. The molecule has 0 unspecified atom stereocenters. The predicted molar refractivity (Wildman–Crippen MR) is 82.9 cm³/mol. The number of sulfonamides is 1. The third kappa shape index (κ3) is 3.17. The fourth-order valence-corrected chi connectivity index (χ4v) is 3.39. The minimum atomic E-state index is -3.79. The first-order valence-electron chi connectivity index (χ1n) is 5.63. The van der Waals surface area contributed by atoms with Crippen LogP contribution in [0.3, 0.4) is 0 Å². The molecule has 106 valence electrons. The molecule has 0 aliphatic carbocycles. The van der Waals surface area contributed by atoms with Gasteiger partial charge in [0.15, 0.2) is 0 Å². The van der Waals surface area contributed by atoms with Crippen LogP contribution < -0.4 is 10.5 Å². The molecule has 0 aliphatic rings. The van der Waals surface area contributed by atoms with E-state index in [-0.39, 0.29) is 9.92 Å². The monoisotopic (exact) mass is 330 g/mol. The molecule has 0 heterocycles. The number of nitrogens with one attached hydrogen (secondary N) is 1. The molecule has 0 spiro atoms. The normalized spacial score (nSPS) is 11.3. The lowest BCUT2D eigenvalue weighted by atomic mass is 10.2. The summed E-state index contributed by atoms with van der Waals surface area (Å²) in [5.74, 6) is 0. The van der Waals surface area contributed by atoms with Gasteiger partial charge in [-0.1, -0.05) is 29.3 Å². The van der Waals surface area contributed by atoms with Crippen LogP contribution in [0, 0.1) is 6.92 Å². The molecule has 2 aromatic carbocycles. The molecule has 2 rings (SSSR count). The molecule has 0 saturated carbocycles. The van der Waals surface area contributed by atoms with E-state index < -0.39 is 10.0 Å². The standard InChI is InChI=1S/C13H12Cl2N2O2S/c1-8-2-4-10(7-11(8)14)17-20(18,19)13-5-3-9(16)6-12(13)15/h2-7,17H,16H2,1H3. The van der Waals surface area contributed by atoms with E-state index in [9.17, 15) is 8.42 Å². The van der Waals surface area contributed by atoms with Crippen LogP contribution in [0.1, 0.15) is 5.56 Å². The molecule has 3 N–H and O–H groups in total. The highest BCUT2D eigenvalue weighted by molar-refractivity contribution is 7.92. The average Bonchev–Trinajstić information content (AvgIpc) is 2.33. The summed E-state index contributed by atoms with van der Waals surface area (Å²) >= 11 is 11.9. The second kappa shape index (κ2) is 5.52. The minimum Gasteiger partial charge on any atom is -0.399 e. The van der Waals surface area contributed by atoms with Crippen molar-refractivity contribution in [3.63, 3.8) is 0 Å². The van der Waals surface area contributed by atoms with Crippen molar-refractivity contribution in [2.45, 2.75) is 11.8 Å². The summed E-state index contributed by atoms with van der Waals surface area (Å²) in [6, 6.07) is 9.12. The summed E-state index contributed by atoms with van der Waals surface area (Å²) in [5, 5.41) is 0.546. The first kappa shape index (κ1) is 15.0. The zero-order chi connectivity index (χ0) is 14.9. The molecule has 0 fully saturated rings. The number of hydrogen-bond donors (Lipinski definition) is 2. The lowest BCUT2D eigenvalue weighted by molar-refractivity contribution is 0.601. The van der Waals surface area contributed by atoms with Crippen LogP contribution in [0.25, 0.3) is 0 Å². The Balaban J connectivity index is 2.38. The molecule has 4 nitrogen and oxygen atoms in total. The van der Waals surface area contributed by atoms with Gasteiger partial charge < -0.3 is 5.73 Å². The highest BCUT2D eigenvalue weighted by Gasteiger charge is 2.18. The second-order valence-corrected chi connectivity index (χ2v) is 6.72. The van der Waals surface area contributed by atoms with Crippen molar-refractivity contribution >= 4 is 44.6 Å². The van der Waals surface area contributed by atoms with E-state index in [2.05, 4.69) is 4.72 Å². The Labute approximate surface area is 127 Å². The molecule has 2 aromatic rings. The van der Waals surface area contributed by atoms with Crippen LogP contribution in [-0.2, 0) is 10.0 Å². The third-order valence-electron chi connectivity index (χ3n) is 2.67. The minimum absolute atomic E-state index is 0.0370. The molecule has 0 saturated heterocycles. The van der Waals surface area contributed by atoms with E-state index in [0.29, 0.717) is 16.4 Å². The Kier molecular flexibility index (Phi) is 4.13. The Hall–Kier alpha value is -1.43. The van der Waals surface area contributed by atoms with E-state index in [1.54, 1.807) is 18.2 Å². The van der Waals surface area contributed by atoms with Gasteiger partial charge in [-0.2, -0.15) is 0 Å². The lowest BCUT2D eigenvalue weighted by Crippen LogP contribution is -2.13.